The molecule has 2 N–H and O–H groups in total. The molecule has 0 spiro atoms. The number of hydrogen-bond donors (Lipinski definition) is 2. The van der Waals surface area contributed by atoms with Gasteiger partial charge in [-0.1, -0.05) is 32.6 Å². The summed E-state index contributed by atoms with van der Waals surface area (Å²) in [6.45, 7) is 11.8. The first-order chi connectivity index (χ1) is 12.4. The van der Waals surface area contributed by atoms with Crippen molar-refractivity contribution in [2.45, 2.75) is 27.7 Å². The Morgan fingerprint density at radius 3 is 1.92 bits per heavy atom. The average molecular weight is 353 g/mol. The smallest absolute Gasteiger partial charge is 0.153 e. The van der Waals surface area contributed by atoms with E-state index >= 15 is 0 Å². The van der Waals surface area contributed by atoms with Crippen LogP contribution >= 0.6 is 0 Å². The molecule has 0 fully saturated rings. The Hall–Kier alpha value is -2.77. The number of aldehydes is 1. The minimum atomic E-state index is -0.00909. The zero-order chi connectivity index (χ0) is 19.5. The number of carbonyl (C=O) groups excluding carboxylic acids is 1. The van der Waals surface area contributed by atoms with Crippen molar-refractivity contribution in [3.63, 3.8) is 0 Å². The van der Waals surface area contributed by atoms with Crippen LogP contribution in [0, 0.1) is 18.8 Å². The highest BCUT2D eigenvalue weighted by Crippen LogP contribution is 2.22. The molecule has 0 radical (unpaired) electrons. The van der Waals surface area contributed by atoms with Crippen molar-refractivity contribution in [3.05, 3.63) is 58.7 Å². The van der Waals surface area contributed by atoms with E-state index in [1.165, 1.54) is 19.6 Å². The molecule has 0 unspecified atom stereocenters. The molecule has 4 heteroatoms. The number of phenols is 2. The Morgan fingerprint density at radius 1 is 0.923 bits per heavy atom. The predicted octanol–water partition coefficient (Wildman–Crippen LogP) is 3.97. The fourth-order valence-corrected chi connectivity index (χ4v) is 2.33. The summed E-state index contributed by atoms with van der Waals surface area (Å²) in [6.07, 6.45) is 0.605. The lowest BCUT2D eigenvalue weighted by Crippen LogP contribution is -2.21. The van der Waals surface area contributed by atoms with Gasteiger partial charge in [-0.25, -0.2) is 0 Å². The van der Waals surface area contributed by atoms with E-state index in [9.17, 15) is 9.90 Å². The number of phenolic OH excluding ortho intramolecular Hbond substituents is 2. The number of hydrogen-bond acceptors (Lipinski definition) is 4. The quantitative estimate of drug-likeness (QED) is 0.645. The van der Waals surface area contributed by atoms with Gasteiger partial charge in [-0.15, -0.1) is 0 Å². The molecule has 0 amide bonds. The third-order valence-corrected chi connectivity index (χ3v) is 4.02. The van der Waals surface area contributed by atoms with Crippen LogP contribution in [0.1, 0.15) is 47.8 Å². The van der Waals surface area contributed by atoms with E-state index in [-0.39, 0.29) is 17.1 Å². The number of aromatic hydroxyl groups is 2. The molecule has 138 valence electrons. The summed E-state index contributed by atoms with van der Waals surface area (Å²) in [5.41, 5.74) is 2.26. The number of benzene rings is 2. The number of carbonyl (C=O) groups is 1. The van der Waals surface area contributed by atoms with Crippen LogP contribution in [0.15, 0.2) is 36.4 Å². The lowest BCUT2D eigenvalue weighted by Gasteiger charge is -2.13. The number of rotatable bonds is 4. The molecule has 26 heavy (non-hydrogen) atoms. The molecule has 2 aromatic carbocycles. The Balaban J connectivity index is 0.000000412. The van der Waals surface area contributed by atoms with E-state index in [0.717, 1.165) is 5.56 Å². The Morgan fingerprint density at radius 2 is 1.46 bits per heavy atom. The summed E-state index contributed by atoms with van der Waals surface area (Å²) in [6, 6.07) is 9.79. The van der Waals surface area contributed by atoms with Gasteiger partial charge < -0.3 is 15.1 Å². The predicted molar refractivity (Wildman–Crippen MR) is 106 cm³/mol. The van der Waals surface area contributed by atoms with Crippen molar-refractivity contribution in [1.29, 1.82) is 0 Å². The van der Waals surface area contributed by atoms with E-state index in [0.29, 0.717) is 17.4 Å². The molecule has 2 aromatic rings. The molecule has 0 saturated heterocycles. The van der Waals surface area contributed by atoms with Crippen LogP contribution in [0.2, 0.25) is 0 Å². The van der Waals surface area contributed by atoms with E-state index < -0.39 is 0 Å². The molecule has 2 rings (SSSR count). The monoisotopic (exact) mass is 353 g/mol. The molecular formula is C22H27NO3. The molecule has 0 aliphatic carbocycles. The summed E-state index contributed by atoms with van der Waals surface area (Å²) < 4.78 is 0. The maximum absolute atomic E-state index is 10.8. The lowest BCUT2D eigenvalue weighted by molar-refractivity contribution is 0.112. The fraction of sp³-hybridized carbons (Fsp3) is 0.318. The highest BCUT2D eigenvalue weighted by molar-refractivity contribution is 5.81. The summed E-state index contributed by atoms with van der Waals surface area (Å²) in [4.78, 5) is 13.2. The van der Waals surface area contributed by atoms with Gasteiger partial charge >= 0.3 is 0 Å². The Bertz CT molecular complexity index is 761. The molecule has 0 bridgehead atoms. The van der Waals surface area contributed by atoms with Crippen molar-refractivity contribution in [1.82, 2.24) is 4.90 Å². The first kappa shape index (κ1) is 21.3. The second kappa shape index (κ2) is 11.0. The highest BCUT2D eigenvalue weighted by atomic mass is 16.3. The van der Waals surface area contributed by atoms with Crippen LogP contribution in [0.4, 0.5) is 0 Å². The van der Waals surface area contributed by atoms with Gasteiger partial charge in [0.15, 0.2) is 6.29 Å². The fourth-order valence-electron chi connectivity index (χ4n) is 2.33. The van der Waals surface area contributed by atoms with Gasteiger partial charge in [0.2, 0.25) is 0 Å². The third kappa shape index (κ3) is 6.62. The van der Waals surface area contributed by atoms with Gasteiger partial charge in [-0.2, -0.15) is 0 Å². The molecular weight excluding hydrogens is 326 g/mol. The Labute approximate surface area is 156 Å². The second-order valence-corrected chi connectivity index (χ2v) is 5.77. The third-order valence-electron chi connectivity index (χ3n) is 4.02. The minimum Gasteiger partial charge on any atom is -0.508 e. The minimum absolute atomic E-state index is 0.00909. The summed E-state index contributed by atoms with van der Waals surface area (Å²) >= 11 is 0. The topological polar surface area (TPSA) is 60.8 Å². The Kier molecular flexibility index (Phi) is 8.97. The van der Waals surface area contributed by atoms with Crippen molar-refractivity contribution < 1.29 is 15.0 Å². The van der Waals surface area contributed by atoms with E-state index in [1.807, 2.05) is 0 Å². The molecule has 0 aliphatic heterocycles. The van der Waals surface area contributed by atoms with Crippen LogP contribution in [0.5, 0.6) is 11.5 Å². The zero-order valence-electron chi connectivity index (χ0n) is 15.9. The maximum atomic E-state index is 10.8. The van der Waals surface area contributed by atoms with Crippen LogP contribution in [-0.2, 0) is 0 Å². The molecule has 0 atom stereocenters. The average Bonchev–Trinajstić information content (AvgIpc) is 2.66. The number of nitrogens with zero attached hydrogens (tertiary/aromatic N) is 1. The lowest BCUT2D eigenvalue weighted by atomic mass is 10.1. The van der Waals surface area contributed by atoms with Crippen molar-refractivity contribution >= 4 is 6.29 Å². The van der Waals surface area contributed by atoms with E-state index in [4.69, 9.17) is 5.11 Å². The molecule has 0 aliphatic rings. The van der Waals surface area contributed by atoms with E-state index in [1.54, 1.807) is 43.3 Å². The first-order valence-corrected chi connectivity index (χ1v) is 8.77. The largest absolute Gasteiger partial charge is 0.508 e. The molecule has 0 heterocycles. The summed E-state index contributed by atoms with van der Waals surface area (Å²) in [7, 11) is 0. The highest BCUT2D eigenvalue weighted by Gasteiger charge is 2.04. The van der Waals surface area contributed by atoms with Gasteiger partial charge in [0.05, 0.1) is 5.56 Å². The summed E-state index contributed by atoms with van der Waals surface area (Å²) in [5, 5.41) is 18.8. The van der Waals surface area contributed by atoms with Crippen molar-refractivity contribution in [2.75, 3.05) is 19.6 Å². The first-order valence-electron chi connectivity index (χ1n) is 8.77. The van der Waals surface area contributed by atoms with Gasteiger partial charge in [-0.3, -0.25) is 4.79 Å². The molecule has 0 saturated carbocycles. The zero-order valence-corrected chi connectivity index (χ0v) is 15.9. The standard InChI is InChI=1S/C16H12O3.C6H15N/c1-11-8-13(9-14(10-17)16(11)19)3-2-12-4-6-15(18)7-5-12;1-4-7(5-2)6-3/h4-10,18-19H,1H3;4-6H2,1-3H3. The SMILES string of the molecule is CCN(CC)CC.Cc1cc(C#Cc2ccc(O)cc2)cc(C=O)c1O. The van der Waals surface area contributed by atoms with Crippen molar-refractivity contribution in [3.8, 4) is 23.3 Å². The van der Waals surface area contributed by atoms with Gasteiger partial charge in [0.1, 0.15) is 11.5 Å². The number of aryl methyl sites for hydroxylation is 1. The molecule has 0 aromatic heterocycles. The van der Waals surface area contributed by atoms with Crippen LogP contribution < -0.4 is 0 Å². The maximum Gasteiger partial charge on any atom is 0.153 e. The van der Waals surface area contributed by atoms with Crippen molar-refractivity contribution in [2.24, 2.45) is 0 Å². The van der Waals surface area contributed by atoms with Gasteiger partial charge in [0, 0.05) is 11.1 Å². The summed E-state index contributed by atoms with van der Waals surface area (Å²) in [5.74, 6) is 6.03. The van der Waals surface area contributed by atoms with E-state index in [2.05, 4.69) is 37.5 Å². The van der Waals surface area contributed by atoms with Crippen LogP contribution in [-0.4, -0.2) is 41.0 Å². The van der Waals surface area contributed by atoms with Gasteiger partial charge in [0.25, 0.3) is 0 Å². The van der Waals surface area contributed by atoms with Crippen LogP contribution in [0.25, 0.3) is 0 Å². The van der Waals surface area contributed by atoms with Crippen LogP contribution in [0.3, 0.4) is 0 Å². The normalized spacial score (nSPS) is 9.73. The molecule has 4 nitrogen and oxygen atoms in total. The second-order valence-electron chi connectivity index (χ2n) is 5.77. The van der Waals surface area contributed by atoms with Gasteiger partial charge in [-0.05, 0) is 68.5 Å².